The number of nitrogens with one attached hydrogen (secondary N) is 1. The molecule has 0 bridgehead atoms. The zero-order valence-electron chi connectivity index (χ0n) is 10.4. The fourth-order valence-electron chi connectivity index (χ4n) is 2.51. The van der Waals surface area contributed by atoms with Crippen LogP contribution in [0.2, 0.25) is 0 Å². The van der Waals surface area contributed by atoms with Gasteiger partial charge in [-0.1, -0.05) is 0 Å². The summed E-state index contributed by atoms with van der Waals surface area (Å²) >= 11 is 3.35. The molecule has 3 heterocycles. The number of carbonyl (C=O) groups is 1. The van der Waals surface area contributed by atoms with E-state index in [1.165, 1.54) is 0 Å². The Labute approximate surface area is 119 Å². The van der Waals surface area contributed by atoms with Crippen molar-refractivity contribution in [1.29, 1.82) is 0 Å². The number of H-pyrrole nitrogens is 1. The minimum absolute atomic E-state index is 0.0579. The molecule has 0 aliphatic carbocycles. The standard InChI is InChI=1S/C13H15BrN4O/c14-10-7-12(15-8-10)13(19)17-5-1-3-11(9-17)18-6-2-4-16-18/h2,4,6-8,11,15H,1,3,5,9H2/t11-/m1/s1. The second-order valence-corrected chi connectivity index (χ2v) is 5.68. The molecule has 1 amide bonds. The van der Waals surface area contributed by atoms with Crippen LogP contribution >= 0.6 is 15.9 Å². The maximum Gasteiger partial charge on any atom is 0.270 e. The Kier molecular flexibility index (Phi) is 3.42. The number of piperidine rings is 1. The smallest absolute Gasteiger partial charge is 0.270 e. The van der Waals surface area contributed by atoms with Crippen molar-refractivity contribution in [2.75, 3.05) is 13.1 Å². The summed E-state index contributed by atoms with van der Waals surface area (Å²) in [5.41, 5.74) is 0.632. The molecule has 3 rings (SSSR count). The third kappa shape index (κ3) is 2.58. The normalized spacial score (nSPS) is 19.6. The van der Waals surface area contributed by atoms with Crippen LogP contribution in [0.15, 0.2) is 35.2 Å². The number of amides is 1. The number of carbonyl (C=O) groups excluding carboxylic acids is 1. The first-order chi connectivity index (χ1) is 9.24. The Balaban J connectivity index is 1.73. The third-order valence-corrected chi connectivity index (χ3v) is 3.92. The van der Waals surface area contributed by atoms with Crippen LogP contribution in [0.4, 0.5) is 0 Å². The molecule has 0 radical (unpaired) electrons. The predicted octanol–water partition coefficient (Wildman–Crippen LogP) is 2.45. The fraction of sp³-hybridized carbons (Fsp3) is 0.385. The molecule has 2 aromatic heterocycles. The van der Waals surface area contributed by atoms with E-state index >= 15 is 0 Å². The molecule has 1 atom stereocenters. The fourth-order valence-corrected chi connectivity index (χ4v) is 2.86. The van der Waals surface area contributed by atoms with Gasteiger partial charge in [0.15, 0.2) is 0 Å². The van der Waals surface area contributed by atoms with Gasteiger partial charge in [-0.15, -0.1) is 0 Å². The Morgan fingerprint density at radius 2 is 2.42 bits per heavy atom. The highest BCUT2D eigenvalue weighted by Gasteiger charge is 2.26. The van der Waals surface area contributed by atoms with E-state index in [0.717, 1.165) is 30.4 Å². The van der Waals surface area contributed by atoms with Crippen molar-refractivity contribution in [2.24, 2.45) is 0 Å². The molecule has 100 valence electrons. The van der Waals surface area contributed by atoms with Crippen LogP contribution in [0.25, 0.3) is 0 Å². The zero-order chi connectivity index (χ0) is 13.2. The molecule has 19 heavy (non-hydrogen) atoms. The SMILES string of the molecule is O=C(c1cc(Br)c[nH]1)N1CCC[C@@H](n2cccn2)C1. The summed E-state index contributed by atoms with van der Waals surface area (Å²) in [6.45, 7) is 1.53. The number of nitrogens with zero attached hydrogens (tertiary/aromatic N) is 3. The van der Waals surface area contributed by atoms with E-state index in [1.54, 1.807) is 12.4 Å². The van der Waals surface area contributed by atoms with E-state index in [0.29, 0.717) is 5.69 Å². The Hall–Kier alpha value is -1.56. The van der Waals surface area contributed by atoms with E-state index in [2.05, 4.69) is 26.0 Å². The maximum absolute atomic E-state index is 12.4. The van der Waals surface area contributed by atoms with E-state index in [4.69, 9.17) is 0 Å². The highest BCUT2D eigenvalue weighted by molar-refractivity contribution is 9.10. The first kappa shape index (κ1) is 12.5. The number of likely N-dealkylation sites (tertiary alicyclic amines) is 1. The van der Waals surface area contributed by atoms with E-state index < -0.39 is 0 Å². The average Bonchev–Trinajstić information content (AvgIpc) is 3.09. The number of rotatable bonds is 2. The van der Waals surface area contributed by atoms with Gasteiger partial charge in [-0.2, -0.15) is 5.10 Å². The van der Waals surface area contributed by atoms with Gasteiger partial charge < -0.3 is 9.88 Å². The molecule has 6 heteroatoms. The van der Waals surface area contributed by atoms with Crippen LogP contribution in [0.1, 0.15) is 29.4 Å². The molecule has 1 aliphatic heterocycles. The van der Waals surface area contributed by atoms with Gasteiger partial charge in [0.2, 0.25) is 0 Å². The van der Waals surface area contributed by atoms with Crippen molar-refractivity contribution in [2.45, 2.75) is 18.9 Å². The van der Waals surface area contributed by atoms with Crippen LogP contribution in [0.3, 0.4) is 0 Å². The highest BCUT2D eigenvalue weighted by Crippen LogP contribution is 2.22. The van der Waals surface area contributed by atoms with Gasteiger partial charge >= 0.3 is 0 Å². The second kappa shape index (κ2) is 5.21. The molecule has 2 aromatic rings. The average molecular weight is 323 g/mol. The summed E-state index contributed by atoms with van der Waals surface area (Å²) in [6.07, 6.45) is 7.60. The molecule has 5 nitrogen and oxygen atoms in total. The summed E-state index contributed by atoms with van der Waals surface area (Å²) < 4.78 is 2.85. The molecule has 0 saturated carbocycles. The predicted molar refractivity (Wildman–Crippen MR) is 74.9 cm³/mol. The molecule has 1 N–H and O–H groups in total. The van der Waals surface area contributed by atoms with Crippen molar-refractivity contribution in [3.8, 4) is 0 Å². The van der Waals surface area contributed by atoms with E-state index in [9.17, 15) is 4.79 Å². The summed E-state index contributed by atoms with van der Waals surface area (Å²) in [5.74, 6) is 0.0579. The lowest BCUT2D eigenvalue weighted by Crippen LogP contribution is -2.41. The van der Waals surface area contributed by atoms with Crippen LogP contribution < -0.4 is 0 Å². The van der Waals surface area contributed by atoms with Gasteiger partial charge in [0.25, 0.3) is 5.91 Å². The minimum atomic E-state index is 0.0579. The number of aromatic amines is 1. The van der Waals surface area contributed by atoms with Crippen LogP contribution in [-0.2, 0) is 0 Å². The molecular weight excluding hydrogens is 308 g/mol. The van der Waals surface area contributed by atoms with Crippen molar-refractivity contribution in [3.05, 3.63) is 40.9 Å². The third-order valence-electron chi connectivity index (χ3n) is 3.46. The number of halogens is 1. The summed E-state index contributed by atoms with van der Waals surface area (Å²) in [5, 5.41) is 4.27. The van der Waals surface area contributed by atoms with Crippen LogP contribution in [0.5, 0.6) is 0 Å². The first-order valence-corrected chi connectivity index (χ1v) is 7.15. The lowest BCUT2D eigenvalue weighted by Gasteiger charge is -2.32. The molecule has 1 saturated heterocycles. The van der Waals surface area contributed by atoms with Gasteiger partial charge in [0, 0.05) is 36.2 Å². The molecular formula is C13H15BrN4O. The van der Waals surface area contributed by atoms with Crippen LogP contribution in [0, 0.1) is 0 Å². The van der Waals surface area contributed by atoms with Crippen LogP contribution in [-0.4, -0.2) is 38.7 Å². The first-order valence-electron chi connectivity index (χ1n) is 6.36. The highest BCUT2D eigenvalue weighted by atomic mass is 79.9. The minimum Gasteiger partial charge on any atom is -0.356 e. The molecule has 1 aliphatic rings. The summed E-state index contributed by atoms with van der Waals surface area (Å²) in [4.78, 5) is 17.3. The molecule has 0 aromatic carbocycles. The van der Waals surface area contributed by atoms with Crippen molar-refractivity contribution >= 4 is 21.8 Å². The van der Waals surface area contributed by atoms with Crippen molar-refractivity contribution in [3.63, 3.8) is 0 Å². The summed E-state index contributed by atoms with van der Waals surface area (Å²) in [7, 11) is 0. The van der Waals surface area contributed by atoms with Crippen molar-refractivity contribution < 1.29 is 4.79 Å². The number of aromatic nitrogens is 3. The van der Waals surface area contributed by atoms with Gasteiger partial charge in [0.05, 0.1) is 6.04 Å². The van der Waals surface area contributed by atoms with Gasteiger partial charge in [-0.25, -0.2) is 0 Å². The summed E-state index contributed by atoms with van der Waals surface area (Å²) in [6, 6.07) is 4.02. The lowest BCUT2D eigenvalue weighted by molar-refractivity contribution is 0.0667. The monoisotopic (exact) mass is 322 g/mol. The zero-order valence-corrected chi connectivity index (χ0v) is 12.0. The Morgan fingerprint density at radius 3 is 3.11 bits per heavy atom. The molecule has 0 unspecified atom stereocenters. The largest absolute Gasteiger partial charge is 0.356 e. The second-order valence-electron chi connectivity index (χ2n) is 4.76. The lowest BCUT2D eigenvalue weighted by atomic mass is 10.1. The molecule has 0 spiro atoms. The maximum atomic E-state index is 12.4. The van der Waals surface area contributed by atoms with E-state index in [1.807, 2.05) is 27.9 Å². The molecule has 1 fully saturated rings. The van der Waals surface area contributed by atoms with Gasteiger partial charge in [-0.3, -0.25) is 9.48 Å². The Bertz CT molecular complexity index is 563. The van der Waals surface area contributed by atoms with Gasteiger partial charge in [-0.05, 0) is 40.9 Å². The van der Waals surface area contributed by atoms with Crippen molar-refractivity contribution in [1.82, 2.24) is 19.7 Å². The number of hydrogen-bond donors (Lipinski definition) is 1. The quantitative estimate of drug-likeness (QED) is 0.923. The number of hydrogen-bond acceptors (Lipinski definition) is 2. The van der Waals surface area contributed by atoms with Gasteiger partial charge in [0.1, 0.15) is 5.69 Å². The Morgan fingerprint density at radius 1 is 1.53 bits per heavy atom. The topological polar surface area (TPSA) is 53.9 Å². The van der Waals surface area contributed by atoms with E-state index in [-0.39, 0.29) is 11.9 Å².